The molecule has 5 nitrogen and oxygen atoms in total. The molecule has 0 spiro atoms. The van der Waals surface area contributed by atoms with E-state index in [0.29, 0.717) is 0 Å². The number of amides is 1. The summed E-state index contributed by atoms with van der Waals surface area (Å²) in [5.41, 5.74) is 0. The van der Waals surface area contributed by atoms with Gasteiger partial charge in [0.25, 0.3) is 9.70 Å². The van der Waals surface area contributed by atoms with Crippen molar-refractivity contribution < 1.29 is 19.1 Å². The first-order valence-electron chi connectivity index (χ1n) is 4.13. The first-order valence-corrected chi connectivity index (χ1v) is 5.26. The lowest BCUT2D eigenvalue weighted by atomic mass is 10.1. The molecule has 0 rings (SSSR count). The van der Waals surface area contributed by atoms with Gasteiger partial charge in [0.15, 0.2) is 0 Å². The monoisotopic (exact) mass is 289 g/mol. The molecule has 0 aliphatic rings. The minimum Gasteiger partial charge on any atom is -0.468 e. The lowest BCUT2D eigenvalue weighted by Crippen LogP contribution is -2.41. The molecule has 1 atom stereocenters. The second kappa shape index (κ2) is 6.27. The Balaban J connectivity index is 4.41. The Morgan fingerprint density at radius 3 is 2.12 bits per heavy atom. The maximum absolute atomic E-state index is 11.1. The maximum atomic E-state index is 11.1. The van der Waals surface area contributed by atoms with E-state index in [2.05, 4.69) is 10.1 Å². The van der Waals surface area contributed by atoms with Gasteiger partial charge in [-0.05, 0) is 6.92 Å². The van der Waals surface area contributed by atoms with E-state index in [1.54, 1.807) is 0 Å². The topological polar surface area (TPSA) is 72.5 Å². The van der Waals surface area contributed by atoms with E-state index >= 15 is 0 Å². The molecule has 1 amide bonds. The van der Waals surface area contributed by atoms with E-state index in [1.807, 2.05) is 0 Å². The highest BCUT2D eigenvalue weighted by atomic mass is 35.6. The minimum atomic E-state index is -2.13. The molecular formula is C8H10Cl3NO4. The van der Waals surface area contributed by atoms with Crippen LogP contribution in [0.1, 0.15) is 6.92 Å². The normalized spacial score (nSPS) is 12.8. The standard InChI is InChI=1S/C8H10Cl3NO4/c1-4(13)5(6(14)16-2)3-12-7(15)8(9,10)11/h5H,3H2,1-2H3,(H,12,15). The van der Waals surface area contributed by atoms with Gasteiger partial charge in [0, 0.05) is 6.54 Å². The molecule has 0 heterocycles. The molecule has 0 radical (unpaired) electrons. The molecule has 16 heavy (non-hydrogen) atoms. The van der Waals surface area contributed by atoms with Crippen LogP contribution in [-0.4, -0.2) is 35.1 Å². The Kier molecular flexibility index (Phi) is 6.07. The second-order valence-corrected chi connectivity index (χ2v) is 5.18. The third-order valence-corrected chi connectivity index (χ3v) is 2.22. The first-order chi connectivity index (χ1) is 7.20. The molecule has 8 heteroatoms. The fourth-order valence-corrected chi connectivity index (χ4v) is 1.03. The highest BCUT2D eigenvalue weighted by Crippen LogP contribution is 2.25. The van der Waals surface area contributed by atoms with Crippen molar-refractivity contribution in [2.45, 2.75) is 10.7 Å². The molecule has 1 unspecified atom stereocenters. The molecule has 0 bridgehead atoms. The summed E-state index contributed by atoms with van der Waals surface area (Å²) in [5, 5.41) is 2.16. The number of esters is 1. The van der Waals surface area contributed by atoms with Gasteiger partial charge in [-0.2, -0.15) is 0 Å². The Bertz CT molecular complexity index is 300. The van der Waals surface area contributed by atoms with Gasteiger partial charge in [-0.3, -0.25) is 14.4 Å². The van der Waals surface area contributed by atoms with Crippen molar-refractivity contribution in [3.05, 3.63) is 0 Å². The Labute approximate surface area is 107 Å². The van der Waals surface area contributed by atoms with Crippen molar-refractivity contribution in [2.75, 3.05) is 13.7 Å². The van der Waals surface area contributed by atoms with Crippen molar-refractivity contribution in [1.82, 2.24) is 5.32 Å². The average Bonchev–Trinajstić information content (AvgIpc) is 2.15. The van der Waals surface area contributed by atoms with Crippen LogP contribution >= 0.6 is 34.8 Å². The Morgan fingerprint density at radius 1 is 1.31 bits per heavy atom. The number of rotatable bonds is 4. The molecule has 0 aliphatic carbocycles. The summed E-state index contributed by atoms with van der Waals surface area (Å²) in [5.74, 6) is -3.21. The SMILES string of the molecule is COC(=O)C(CNC(=O)C(Cl)(Cl)Cl)C(C)=O. The number of methoxy groups -OCH3 is 1. The third kappa shape index (κ3) is 5.01. The summed E-state index contributed by atoms with van der Waals surface area (Å²) in [7, 11) is 1.13. The molecule has 1 N–H and O–H groups in total. The van der Waals surface area contributed by atoms with Crippen LogP contribution in [-0.2, 0) is 19.1 Å². The number of carbonyl (C=O) groups excluding carboxylic acids is 3. The second-order valence-electron chi connectivity index (χ2n) is 2.89. The Hall–Kier alpha value is -0.520. The molecule has 0 aliphatic heterocycles. The lowest BCUT2D eigenvalue weighted by Gasteiger charge is -2.15. The minimum absolute atomic E-state index is 0.269. The van der Waals surface area contributed by atoms with E-state index in [1.165, 1.54) is 6.92 Å². The number of Topliss-reactive ketones (excluding diaryl/α,β-unsaturated/α-hetero) is 1. The van der Waals surface area contributed by atoms with E-state index in [-0.39, 0.29) is 6.54 Å². The molecule has 92 valence electrons. The number of halogens is 3. The summed E-state index contributed by atoms with van der Waals surface area (Å²) in [4.78, 5) is 33.3. The predicted octanol–water partition coefficient (Wildman–Crippen LogP) is 0.851. The van der Waals surface area contributed by atoms with Crippen molar-refractivity contribution >= 4 is 52.5 Å². The largest absolute Gasteiger partial charge is 0.468 e. The molecule has 0 aromatic carbocycles. The van der Waals surface area contributed by atoms with Crippen molar-refractivity contribution in [3.63, 3.8) is 0 Å². The number of ketones is 1. The van der Waals surface area contributed by atoms with E-state index < -0.39 is 27.4 Å². The average molecular weight is 291 g/mol. The number of hydrogen-bond acceptors (Lipinski definition) is 4. The van der Waals surface area contributed by atoms with Gasteiger partial charge in [-0.25, -0.2) is 0 Å². The number of alkyl halides is 3. The molecule has 0 saturated carbocycles. The van der Waals surface area contributed by atoms with Gasteiger partial charge in [-0.15, -0.1) is 0 Å². The lowest BCUT2D eigenvalue weighted by molar-refractivity contribution is -0.148. The number of nitrogens with one attached hydrogen (secondary N) is 1. The molecule has 0 aromatic heterocycles. The first kappa shape index (κ1) is 15.5. The Morgan fingerprint density at radius 2 is 1.81 bits per heavy atom. The van der Waals surface area contributed by atoms with Crippen LogP contribution in [0, 0.1) is 5.92 Å². The van der Waals surface area contributed by atoms with E-state index in [4.69, 9.17) is 34.8 Å². The summed E-state index contributed by atoms with van der Waals surface area (Å²) in [6.45, 7) is 0.928. The van der Waals surface area contributed by atoms with Crippen LogP contribution in [0.4, 0.5) is 0 Å². The zero-order valence-electron chi connectivity index (χ0n) is 8.55. The van der Waals surface area contributed by atoms with Crippen LogP contribution in [0.2, 0.25) is 0 Å². The van der Waals surface area contributed by atoms with Crippen LogP contribution < -0.4 is 5.32 Å². The zero-order valence-corrected chi connectivity index (χ0v) is 10.8. The third-order valence-electron chi connectivity index (χ3n) is 1.70. The van der Waals surface area contributed by atoms with Gasteiger partial charge in [0.2, 0.25) is 0 Å². The van der Waals surface area contributed by atoms with Crippen LogP contribution in [0.5, 0.6) is 0 Å². The molecule has 0 saturated heterocycles. The van der Waals surface area contributed by atoms with Crippen molar-refractivity contribution in [1.29, 1.82) is 0 Å². The number of ether oxygens (including phenoxy) is 1. The highest BCUT2D eigenvalue weighted by molar-refractivity contribution is 6.76. The molecule has 0 aromatic rings. The smallest absolute Gasteiger partial charge is 0.318 e. The van der Waals surface area contributed by atoms with Gasteiger partial charge in [-0.1, -0.05) is 34.8 Å². The van der Waals surface area contributed by atoms with Gasteiger partial charge in [0.05, 0.1) is 7.11 Å². The summed E-state index contributed by atoms with van der Waals surface area (Å²) < 4.78 is 2.25. The van der Waals surface area contributed by atoms with Crippen LogP contribution in [0.3, 0.4) is 0 Å². The molecular weight excluding hydrogens is 280 g/mol. The van der Waals surface area contributed by atoms with Gasteiger partial charge >= 0.3 is 5.97 Å². The fraction of sp³-hybridized carbons (Fsp3) is 0.625. The summed E-state index contributed by atoms with van der Waals surface area (Å²) in [6.07, 6.45) is 0. The van der Waals surface area contributed by atoms with E-state index in [9.17, 15) is 14.4 Å². The summed E-state index contributed by atoms with van der Waals surface area (Å²) >= 11 is 15.8. The maximum Gasteiger partial charge on any atom is 0.318 e. The highest BCUT2D eigenvalue weighted by Gasteiger charge is 2.32. The quantitative estimate of drug-likeness (QED) is 0.473. The summed E-state index contributed by atoms with van der Waals surface area (Å²) in [6, 6.07) is 0. The van der Waals surface area contributed by atoms with Gasteiger partial charge < -0.3 is 10.1 Å². The van der Waals surface area contributed by atoms with Gasteiger partial charge in [0.1, 0.15) is 11.7 Å². The zero-order chi connectivity index (χ0) is 12.9. The fourth-order valence-electron chi connectivity index (χ4n) is 0.830. The van der Waals surface area contributed by atoms with Crippen molar-refractivity contribution in [3.8, 4) is 0 Å². The van der Waals surface area contributed by atoms with Crippen molar-refractivity contribution in [2.24, 2.45) is 5.92 Å². The molecule has 0 fully saturated rings. The predicted molar refractivity (Wildman–Crippen MR) is 59.5 cm³/mol. The number of hydrogen-bond donors (Lipinski definition) is 1. The van der Waals surface area contributed by atoms with Crippen LogP contribution in [0.25, 0.3) is 0 Å². The van der Waals surface area contributed by atoms with Crippen LogP contribution in [0.15, 0.2) is 0 Å². The number of carbonyl (C=O) groups is 3. The van der Waals surface area contributed by atoms with E-state index in [0.717, 1.165) is 7.11 Å².